The molecule has 0 aromatic heterocycles. The Kier molecular flexibility index (Phi) is 1.90. The van der Waals surface area contributed by atoms with E-state index in [9.17, 15) is 0 Å². The van der Waals surface area contributed by atoms with E-state index in [1.807, 2.05) is 0 Å². The minimum atomic E-state index is -1.32. The molecule has 0 aromatic carbocycles. The predicted molar refractivity (Wildman–Crippen MR) is 40.9 cm³/mol. The Balaban J connectivity index is 2.34. The summed E-state index contributed by atoms with van der Waals surface area (Å²) in [6.07, 6.45) is 4.66. The minimum absolute atomic E-state index is 1.24. The third kappa shape index (κ3) is 1.40. The van der Waals surface area contributed by atoms with Gasteiger partial charge in [0, 0.05) is 0 Å². The van der Waals surface area contributed by atoms with Gasteiger partial charge in [-0.1, -0.05) is 0 Å². The average molecular weight is 219 g/mol. The Bertz CT molecular complexity index is 76.9. The van der Waals surface area contributed by atoms with E-state index >= 15 is 0 Å². The van der Waals surface area contributed by atoms with Gasteiger partial charge in [-0.3, -0.25) is 0 Å². The third-order valence-electron chi connectivity index (χ3n) is 2.33. The molecule has 0 radical (unpaired) electrons. The van der Waals surface area contributed by atoms with Gasteiger partial charge in [0.15, 0.2) is 0 Å². The molecule has 1 aliphatic rings. The first-order valence-corrected chi connectivity index (χ1v) is 13.8. The van der Waals surface area contributed by atoms with Gasteiger partial charge in [0.05, 0.1) is 0 Å². The SMILES string of the molecule is [CH3][Sn]([CH3])([CH3])[CH]1CCC1. The predicted octanol–water partition coefficient (Wildman–Crippen LogP) is 2.88. The van der Waals surface area contributed by atoms with Crippen molar-refractivity contribution < 1.29 is 0 Å². The molecule has 1 heteroatoms. The molecular formula is C7H16Sn. The van der Waals surface area contributed by atoms with Crippen LogP contribution in [0, 0.1) is 0 Å². The van der Waals surface area contributed by atoms with Crippen LogP contribution in [0.25, 0.3) is 0 Å². The first-order valence-electron chi connectivity index (χ1n) is 3.61. The van der Waals surface area contributed by atoms with Crippen molar-refractivity contribution in [3.05, 3.63) is 0 Å². The molecule has 0 unspecified atom stereocenters. The van der Waals surface area contributed by atoms with Crippen molar-refractivity contribution in [2.24, 2.45) is 0 Å². The molecule has 8 heavy (non-hydrogen) atoms. The Morgan fingerprint density at radius 2 is 1.62 bits per heavy atom. The number of rotatable bonds is 1. The molecular weight excluding hydrogens is 203 g/mol. The first kappa shape index (κ1) is 6.91. The summed E-state index contributed by atoms with van der Waals surface area (Å²) in [5.41, 5.74) is 0. The zero-order valence-electron chi connectivity index (χ0n) is 6.20. The number of hydrogen-bond donors (Lipinski definition) is 0. The van der Waals surface area contributed by atoms with Gasteiger partial charge in [-0.15, -0.1) is 0 Å². The van der Waals surface area contributed by atoms with E-state index in [2.05, 4.69) is 14.8 Å². The van der Waals surface area contributed by atoms with E-state index in [1.54, 1.807) is 12.8 Å². The maximum atomic E-state index is 2.55. The molecule has 0 spiro atoms. The molecule has 1 rings (SSSR count). The van der Waals surface area contributed by atoms with Crippen LogP contribution >= 0.6 is 0 Å². The van der Waals surface area contributed by atoms with E-state index < -0.39 is 18.4 Å². The van der Waals surface area contributed by atoms with Crippen molar-refractivity contribution in [1.82, 2.24) is 0 Å². The molecule has 1 saturated carbocycles. The van der Waals surface area contributed by atoms with E-state index in [4.69, 9.17) is 0 Å². The van der Waals surface area contributed by atoms with Gasteiger partial charge in [0.1, 0.15) is 0 Å². The van der Waals surface area contributed by atoms with Crippen LogP contribution in [-0.2, 0) is 0 Å². The molecule has 1 aliphatic carbocycles. The van der Waals surface area contributed by atoms with E-state index in [1.165, 1.54) is 10.4 Å². The second-order valence-electron chi connectivity index (χ2n) is 3.99. The van der Waals surface area contributed by atoms with E-state index in [0.29, 0.717) is 0 Å². The molecule has 0 N–H and O–H groups in total. The molecule has 0 nitrogen and oxygen atoms in total. The molecule has 0 atom stereocenters. The Morgan fingerprint density at radius 1 is 1.12 bits per heavy atom. The topological polar surface area (TPSA) is 0 Å². The maximum absolute atomic E-state index is 2.55. The molecule has 0 bridgehead atoms. The van der Waals surface area contributed by atoms with Crippen molar-refractivity contribution >= 4 is 18.4 Å². The zero-order valence-corrected chi connectivity index (χ0v) is 9.05. The molecule has 0 aromatic rings. The van der Waals surface area contributed by atoms with Crippen LogP contribution in [-0.4, -0.2) is 18.4 Å². The molecule has 0 amide bonds. The van der Waals surface area contributed by atoms with Gasteiger partial charge in [0.2, 0.25) is 0 Å². The van der Waals surface area contributed by atoms with Crippen LogP contribution in [0.2, 0.25) is 18.8 Å². The molecule has 0 heterocycles. The molecule has 0 aliphatic heterocycles. The fourth-order valence-electron chi connectivity index (χ4n) is 1.27. The van der Waals surface area contributed by atoms with Gasteiger partial charge >= 0.3 is 56.4 Å². The fourth-order valence-corrected chi connectivity index (χ4v) is 7.38. The normalized spacial score (nSPS) is 22.9. The summed E-state index contributed by atoms with van der Waals surface area (Å²) in [7, 11) is 0. The van der Waals surface area contributed by atoms with Gasteiger partial charge in [-0.25, -0.2) is 0 Å². The van der Waals surface area contributed by atoms with Crippen LogP contribution in [0.1, 0.15) is 19.3 Å². The summed E-state index contributed by atoms with van der Waals surface area (Å²) in [4.78, 5) is 7.66. The summed E-state index contributed by atoms with van der Waals surface area (Å²) < 4.78 is 1.24. The summed E-state index contributed by atoms with van der Waals surface area (Å²) >= 11 is -1.32. The van der Waals surface area contributed by atoms with Crippen molar-refractivity contribution in [3.63, 3.8) is 0 Å². The van der Waals surface area contributed by atoms with E-state index in [-0.39, 0.29) is 0 Å². The second kappa shape index (κ2) is 2.20. The fraction of sp³-hybridized carbons (Fsp3) is 1.00. The van der Waals surface area contributed by atoms with Crippen LogP contribution in [0.15, 0.2) is 0 Å². The van der Waals surface area contributed by atoms with Crippen LogP contribution in [0.5, 0.6) is 0 Å². The summed E-state index contributed by atoms with van der Waals surface area (Å²) in [5, 5.41) is 0. The number of hydrogen-bond acceptors (Lipinski definition) is 0. The zero-order chi connectivity index (χ0) is 6.20. The Morgan fingerprint density at radius 3 is 1.62 bits per heavy atom. The monoisotopic (exact) mass is 220 g/mol. The first-order chi connectivity index (χ1) is 3.61. The van der Waals surface area contributed by atoms with Gasteiger partial charge < -0.3 is 0 Å². The van der Waals surface area contributed by atoms with Crippen molar-refractivity contribution in [2.45, 2.75) is 38.0 Å². The van der Waals surface area contributed by atoms with Crippen LogP contribution < -0.4 is 0 Å². The van der Waals surface area contributed by atoms with Crippen LogP contribution in [0.3, 0.4) is 0 Å². The van der Waals surface area contributed by atoms with Crippen molar-refractivity contribution in [2.75, 3.05) is 0 Å². The van der Waals surface area contributed by atoms with Gasteiger partial charge in [-0.2, -0.15) is 0 Å². The standard InChI is InChI=1S/C4H7.3CH3.Sn/c1-2-4-3-1;;;;/h1H,2-4H2;3*1H3;. The molecule has 48 valence electrons. The third-order valence-corrected chi connectivity index (χ3v) is 11.0. The van der Waals surface area contributed by atoms with Gasteiger partial charge in [0.25, 0.3) is 0 Å². The Hall–Kier alpha value is 0.799. The summed E-state index contributed by atoms with van der Waals surface area (Å²) in [5.74, 6) is 0. The summed E-state index contributed by atoms with van der Waals surface area (Å²) in [6.45, 7) is 0. The van der Waals surface area contributed by atoms with Crippen molar-refractivity contribution in [1.29, 1.82) is 0 Å². The molecule has 1 fully saturated rings. The van der Waals surface area contributed by atoms with Crippen LogP contribution in [0.4, 0.5) is 0 Å². The molecule has 0 saturated heterocycles. The van der Waals surface area contributed by atoms with E-state index in [0.717, 1.165) is 0 Å². The average Bonchev–Trinajstić information content (AvgIpc) is 1.16. The second-order valence-corrected chi connectivity index (χ2v) is 19.8. The quantitative estimate of drug-likeness (QED) is 0.594. The van der Waals surface area contributed by atoms with Gasteiger partial charge in [-0.05, 0) is 0 Å². The summed E-state index contributed by atoms with van der Waals surface area (Å²) in [6, 6.07) is 0. The Labute approximate surface area is 56.5 Å². The van der Waals surface area contributed by atoms with Crippen molar-refractivity contribution in [3.8, 4) is 0 Å².